The van der Waals surface area contributed by atoms with E-state index in [1.165, 1.54) is 25.8 Å². The smallest absolute Gasteiger partial charge is 0.226 e. The lowest BCUT2D eigenvalue weighted by Crippen LogP contribution is -2.61. The molecule has 21 heavy (non-hydrogen) atoms. The molecule has 0 saturated carbocycles. The van der Waals surface area contributed by atoms with Crippen molar-refractivity contribution >= 4 is 30.7 Å². The fourth-order valence-electron chi connectivity index (χ4n) is 3.96. The zero-order valence-electron chi connectivity index (χ0n) is 12.9. The van der Waals surface area contributed by atoms with Gasteiger partial charge in [-0.2, -0.15) is 0 Å². The van der Waals surface area contributed by atoms with Crippen LogP contribution in [-0.2, 0) is 4.79 Å². The van der Waals surface area contributed by atoms with Gasteiger partial charge in [-0.15, -0.1) is 24.8 Å². The van der Waals surface area contributed by atoms with Crippen LogP contribution < -0.4 is 5.32 Å². The molecule has 2 atom stereocenters. The number of rotatable bonds is 1. The summed E-state index contributed by atoms with van der Waals surface area (Å²) in [6.07, 6.45) is 6.01. The zero-order valence-corrected chi connectivity index (χ0v) is 14.6. The molecule has 3 rings (SSSR count). The lowest BCUT2D eigenvalue weighted by molar-refractivity contribution is -0.143. The first kappa shape index (κ1) is 19.0. The van der Waals surface area contributed by atoms with Crippen molar-refractivity contribution < 1.29 is 4.79 Å². The van der Waals surface area contributed by atoms with E-state index in [1.807, 2.05) is 0 Å². The molecule has 0 radical (unpaired) electrons. The SMILES string of the molecule is CC1CN2CCCCC2CN1C(=O)C1CCNCC1.Cl.Cl. The topological polar surface area (TPSA) is 35.6 Å². The maximum atomic E-state index is 12.7. The van der Waals surface area contributed by atoms with Gasteiger partial charge in [0.1, 0.15) is 0 Å². The monoisotopic (exact) mass is 337 g/mol. The first-order valence-corrected chi connectivity index (χ1v) is 8.01. The lowest BCUT2D eigenvalue weighted by Gasteiger charge is -2.48. The molecule has 124 valence electrons. The summed E-state index contributed by atoms with van der Waals surface area (Å²) in [4.78, 5) is 17.5. The first-order valence-electron chi connectivity index (χ1n) is 8.01. The van der Waals surface area contributed by atoms with Crippen LogP contribution in [0.1, 0.15) is 39.0 Å². The second-order valence-electron chi connectivity index (χ2n) is 6.51. The van der Waals surface area contributed by atoms with Gasteiger partial charge in [-0.3, -0.25) is 9.69 Å². The van der Waals surface area contributed by atoms with Gasteiger partial charge in [0, 0.05) is 31.1 Å². The fraction of sp³-hybridized carbons (Fsp3) is 0.933. The van der Waals surface area contributed by atoms with Crippen molar-refractivity contribution in [3.63, 3.8) is 0 Å². The Morgan fingerprint density at radius 1 is 1.05 bits per heavy atom. The molecule has 3 saturated heterocycles. The van der Waals surface area contributed by atoms with E-state index in [4.69, 9.17) is 0 Å². The largest absolute Gasteiger partial charge is 0.337 e. The molecule has 1 amide bonds. The van der Waals surface area contributed by atoms with Gasteiger partial charge in [-0.1, -0.05) is 6.42 Å². The number of hydrogen-bond donors (Lipinski definition) is 1. The number of halogens is 2. The standard InChI is InChI=1S/C15H27N3O.2ClH/c1-12-10-17-9-3-2-4-14(17)11-18(12)15(19)13-5-7-16-8-6-13;;/h12-14,16H,2-11H2,1H3;2*1H. The van der Waals surface area contributed by atoms with Crippen LogP contribution in [0.15, 0.2) is 0 Å². The first-order chi connectivity index (χ1) is 9.25. The molecule has 0 aliphatic carbocycles. The normalized spacial score (nSPS) is 30.8. The molecule has 2 unspecified atom stereocenters. The van der Waals surface area contributed by atoms with Gasteiger partial charge in [-0.05, 0) is 52.2 Å². The third kappa shape index (κ3) is 4.25. The number of nitrogens with one attached hydrogen (secondary N) is 1. The van der Waals surface area contributed by atoms with Gasteiger partial charge in [0.05, 0.1) is 0 Å². The van der Waals surface area contributed by atoms with Crippen LogP contribution >= 0.6 is 24.8 Å². The summed E-state index contributed by atoms with van der Waals surface area (Å²) in [7, 11) is 0. The highest BCUT2D eigenvalue weighted by molar-refractivity contribution is 5.85. The van der Waals surface area contributed by atoms with Crippen LogP contribution in [0.3, 0.4) is 0 Å². The molecule has 3 fully saturated rings. The summed E-state index contributed by atoms with van der Waals surface area (Å²) in [5.41, 5.74) is 0. The lowest BCUT2D eigenvalue weighted by atomic mass is 9.92. The number of carbonyl (C=O) groups excluding carboxylic acids is 1. The summed E-state index contributed by atoms with van der Waals surface area (Å²) in [6.45, 7) is 7.54. The van der Waals surface area contributed by atoms with Crippen molar-refractivity contribution in [3.05, 3.63) is 0 Å². The average molecular weight is 338 g/mol. The predicted molar refractivity (Wildman–Crippen MR) is 90.5 cm³/mol. The van der Waals surface area contributed by atoms with Gasteiger partial charge >= 0.3 is 0 Å². The number of piperidine rings is 2. The highest BCUT2D eigenvalue weighted by Crippen LogP contribution is 2.26. The molecule has 0 spiro atoms. The van der Waals surface area contributed by atoms with Crippen LogP contribution in [0.2, 0.25) is 0 Å². The van der Waals surface area contributed by atoms with Gasteiger partial charge in [0.15, 0.2) is 0 Å². The predicted octanol–water partition coefficient (Wildman–Crippen LogP) is 1.91. The minimum atomic E-state index is 0. The van der Waals surface area contributed by atoms with Crippen molar-refractivity contribution in [2.45, 2.75) is 51.1 Å². The van der Waals surface area contributed by atoms with Crippen molar-refractivity contribution in [1.29, 1.82) is 0 Å². The van der Waals surface area contributed by atoms with Gasteiger partial charge in [0.2, 0.25) is 5.91 Å². The Kier molecular flexibility index (Phi) is 7.75. The number of amides is 1. The number of nitrogens with zero attached hydrogens (tertiary/aromatic N) is 2. The van der Waals surface area contributed by atoms with E-state index in [2.05, 4.69) is 22.0 Å². The molecular weight excluding hydrogens is 309 g/mol. The van der Waals surface area contributed by atoms with E-state index in [-0.39, 0.29) is 30.7 Å². The van der Waals surface area contributed by atoms with Crippen molar-refractivity contribution in [2.24, 2.45) is 5.92 Å². The van der Waals surface area contributed by atoms with E-state index < -0.39 is 0 Å². The minimum Gasteiger partial charge on any atom is -0.337 e. The van der Waals surface area contributed by atoms with Crippen LogP contribution in [0.5, 0.6) is 0 Å². The van der Waals surface area contributed by atoms with Crippen molar-refractivity contribution in [1.82, 2.24) is 15.1 Å². The van der Waals surface area contributed by atoms with Crippen LogP contribution in [0.4, 0.5) is 0 Å². The molecule has 3 aliphatic heterocycles. The molecule has 0 aromatic heterocycles. The molecule has 3 heterocycles. The Labute approximate surface area is 140 Å². The average Bonchev–Trinajstić information content (AvgIpc) is 2.47. The van der Waals surface area contributed by atoms with Crippen LogP contribution in [0.25, 0.3) is 0 Å². The Morgan fingerprint density at radius 3 is 2.48 bits per heavy atom. The second-order valence-corrected chi connectivity index (χ2v) is 6.51. The Hall–Kier alpha value is -0.0300. The molecule has 0 aromatic carbocycles. The van der Waals surface area contributed by atoms with E-state index in [0.29, 0.717) is 18.0 Å². The summed E-state index contributed by atoms with van der Waals surface area (Å²) < 4.78 is 0. The van der Waals surface area contributed by atoms with Crippen LogP contribution in [-0.4, -0.2) is 60.5 Å². The zero-order chi connectivity index (χ0) is 13.2. The maximum absolute atomic E-state index is 12.7. The fourth-order valence-corrected chi connectivity index (χ4v) is 3.96. The molecule has 0 bridgehead atoms. The van der Waals surface area contributed by atoms with Crippen LogP contribution in [0, 0.1) is 5.92 Å². The van der Waals surface area contributed by atoms with E-state index in [0.717, 1.165) is 39.0 Å². The molecule has 4 nitrogen and oxygen atoms in total. The number of hydrogen-bond acceptors (Lipinski definition) is 3. The van der Waals surface area contributed by atoms with E-state index in [1.54, 1.807) is 0 Å². The van der Waals surface area contributed by atoms with Gasteiger partial charge in [-0.25, -0.2) is 0 Å². The number of piperazine rings is 1. The van der Waals surface area contributed by atoms with Crippen molar-refractivity contribution in [3.8, 4) is 0 Å². The number of fused-ring (bicyclic) bond motifs is 1. The van der Waals surface area contributed by atoms with Crippen molar-refractivity contribution in [2.75, 3.05) is 32.7 Å². The molecule has 0 aromatic rings. The third-order valence-electron chi connectivity index (χ3n) is 5.16. The quantitative estimate of drug-likeness (QED) is 0.793. The Morgan fingerprint density at radius 2 is 1.76 bits per heavy atom. The summed E-state index contributed by atoms with van der Waals surface area (Å²) >= 11 is 0. The highest BCUT2D eigenvalue weighted by Gasteiger charge is 2.37. The summed E-state index contributed by atoms with van der Waals surface area (Å²) in [6, 6.07) is 1.03. The summed E-state index contributed by atoms with van der Waals surface area (Å²) in [5, 5.41) is 3.35. The highest BCUT2D eigenvalue weighted by atomic mass is 35.5. The molecule has 3 aliphatic rings. The van der Waals surface area contributed by atoms with Gasteiger partial charge < -0.3 is 10.2 Å². The Balaban J connectivity index is 0.00000110. The molecule has 6 heteroatoms. The van der Waals surface area contributed by atoms with E-state index >= 15 is 0 Å². The van der Waals surface area contributed by atoms with E-state index in [9.17, 15) is 4.79 Å². The third-order valence-corrected chi connectivity index (χ3v) is 5.16. The maximum Gasteiger partial charge on any atom is 0.226 e. The molecular formula is C15H29Cl2N3O. The second kappa shape index (κ2) is 8.56. The minimum absolute atomic E-state index is 0. The molecule has 1 N–H and O–H groups in total. The summed E-state index contributed by atoms with van der Waals surface area (Å²) in [5.74, 6) is 0.707. The Bertz CT molecular complexity index is 337. The van der Waals surface area contributed by atoms with Gasteiger partial charge in [0.25, 0.3) is 0 Å². The number of carbonyl (C=O) groups is 1.